The number of carbonyl (C=O) groups is 2. The quantitative estimate of drug-likeness (QED) is 0.432. The topological polar surface area (TPSA) is 67.9 Å². The number of imide groups is 1. The molecule has 0 fully saturated rings. The Morgan fingerprint density at radius 3 is 2.31 bits per heavy atom. The number of benzene rings is 2. The molecule has 0 bridgehead atoms. The summed E-state index contributed by atoms with van der Waals surface area (Å²) in [5, 5.41) is 3.22. The van der Waals surface area contributed by atoms with Crippen molar-refractivity contribution < 1.29 is 19.1 Å². The number of carbonyl (C=O) groups excluding carboxylic acids is 2. The number of nitrogens with zero attached hydrogens (tertiary/aromatic N) is 1. The molecule has 0 unspecified atom stereocenters. The van der Waals surface area contributed by atoms with Crippen molar-refractivity contribution in [2.45, 2.75) is 47.1 Å². The number of anilines is 1. The fourth-order valence-corrected chi connectivity index (χ4v) is 3.55. The molecule has 6 heteroatoms. The number of aryl methyl sites for hydroxylation is 2. The number of ether oxygens (including phenoxy) is 2. The van der Waals surface area contributed by atoms with Crippen LogP contribution in [0.15, 0.2) is 48.2 Å². The van der Waals surface area contributed by atoms with Crippen LogP contribution in [0.4, 0.5) is 5.69 Å². The monoisotopic (exact) mass is 436 g/mol. The minimum atomic E-state index is -0.318. The van der Waals surface area contributed by atoms with Crippen molar-refractivity contribution in [3.63, 3.8) is 0 Å². The van der Waals surface area contributed by atoms with Crippen molar-refractivity contribution in [1.29, 1.82) is 0 Å². The van der Waals surface area contributed by atoms with E-state index in [0.29, 0.717) is 43.0 Å². The summed E-state index contributed by atoms with van der Waals surface area (Å²) < 4.78 is 11.1. The van der Waals surface area contributed by atoms with Crippen LogP contribution < -0.4 is 10.1 Å². The van der Waals surface area contributed by atoms with Gasteiger partial charge in [-0.05, 0) is 82.0 Å². The maximum atomic E-state index is 13.3. The molecule has 0 aromatic heterocycles. The normalized spacial score (nSPS) is 14.0. The van der Waals surface area contributed by atoms with E-state index >= 15 is 0 Å². The third-order valence-corrected chi connectivity index (χ3v) is 5.38. The van der Waals surface area contributed by atoms with Gasteiger partial charge in [0.05, 0.1) is 18.3 Å². The number of hydrogen-bond acceptors (Lipinski definition) is 5. The van der Waals surface area contributed by atoms with Gasteiger partial charge in [-0.3, -0.25) is 14.5 Å². The van der Waals surface area contributed by atoms with Crippen LogP contribution in [-0.4, -0.2) is 42.6 Å². The van der Waals surface area contributed by atoms with E-state index in [1.165, 1.54) is 4.90 Å². The van der Waals surface area contributed by atoms with Crippen LogP contribution in [0.2, 0.25) is 0 Å². The van der Waals surface area contributed by atoms with Crippen molar-refractivity contribution in [3.8, 4) is 5.75 Å². The molecule has 0 atom stereocenters. The highest BCUT2D eigenvalue weighted by molar-refractivity contribution is 6.36. The van der Waals surface area contributed by atoms with Gasteiger partial charge in [-0.15, -0.1) is 0 Å². The fourth-order valence-electron chi connectivity index (χ4n) is 3.55. The molecular formula is C26H32N2O4. The maximum absolute atomic E-state index is 13.3. The minimum Gasteiger partial charge on any atom is -0.494 e. The number of nitrogens with one attached hydrogen (secondary N) is 1. The first-order valence-corrected chi connectivity index (χ1v) is 11.1. The molecule has 1 aliphatic heterocycles. The molecule has 2 amide bonds. The Morgan fingerprint density at radius 1 is 0.969 bits per heavy atom. The van der Waals surface area contributed by atoms with Crippen molar-refractivity contribution in [2.75, 3.05) is 25.1 Å². The zero-order valence-electron chi connectivity index (χ0n) is 19.5. The first kappa shape index (κ1) is 23.5. The van der Waals surface area contributed by atoms with Crippen LogP contribution in [0.5, 0.6) is 5.75 Å². The van der Waals surface area contributed by atoms with Crippen LogP contribution in [-0.2, 0) is 14.3 Å². The van der Waals surface area contributed by atoms with Gasteiger partial charge in [0.25, 0.3) is 11.8 Å². The first-order chi connectivity index (χ1) is 15.3. The second-order valence-corrected chi connectivity index (χ2v) is 8.17. The van der Waals surface area contributed by atoms with Crippen molar-refractivity contribution >= 4 is 23.1 Å². The van der Waals surface area contributed by atoms with E-state index < -0.39 is 0 Å². The molecule has 2 aromatic rings. The van der Waals surface area contributed by atoms with Crippen LogP contribution in [0.25, 0.3) is 5.57 Å². The standard InChI is InChI=1S/C26H32N2O4/c1-6-31-22-12-9-20(10-13-22)23-24(27-21-11-8-18(4)19(5)16-21)26(30)28(25(23)29)14-7-15-32-17(2)3/h8-13,16-17,27H,6-7,14-15H2,1-5H3. The summed E-state index contributed by atoms with van der Waals surface area (Å²) in [4.78, 5) is 27.9. The molecule has 6 nitrogen and oxygen atoms in total. The second kappa shape index (κ2) is 10.5. The van der Waals surface area contributed by atoms with Gasteiger partial charge in [0.15, 0.2) is 0 Å². The SMILES string of the molecule is CCOc1ccc(C2=C(Nc3ccc(C)c(C)c3)C(=O)N(CCCOC(C)C)C2=O)cc1. The van der Waals surface area contributed by atoms with E-state index in [1.54, 1.807) is 0 Å². The predicted octanol–water partition coefficient (Wildman–Crippen LogP) is 4.71. The zero-order valence-corrected chi connectivity index (χ0v) is 19.5. The second-order valence-electron chi connectivity index (χ2n) is 8.17. The summed E-state index contributed by atoms with van der Waals surface area (Å²) >= 11 is 0. The predicted molar refractivity (Wildman–Crippen MR) is 126 cm³/mol. The van der Waals surface area contributed by atoms with Crippen LogP contribution in [0.1, 0.15) is 43.9 Å². The van der Waals surface area contributed by atoms with Crippen molar-refractivity contribution in [3.05, 3.63) is 64.9 Å². The molecule has 0 saturated heterocycles. The Hall–Kier alpha value is -3.12. The zero-order chi connectivity index (χ0) is 23.3. The Balaban J connectivity index is 1.91. The minimum absolute atomic E-state index is 0.111. The van der Waals surface area contributed by atoms with E-state index in [1.807, 2.05) is 77.1 Å². The van der Waals surface area contributed by atoms with E-state index in [-0.39, 0.29) is 17.9 Å². The van der Waals surface area contributed by atoms with E-state index in [4.69, 9.17) is 9.47 Å². The molecule has 2 aromatic carbocycles. The fraction of sp³-hybridized carbons (Fsp3) is 0.385. The lowest BCUT2D eigenvalue weighted by molar-refractivity contribution is -0.137. The molecule has 1 heterocycles. The average Bonchev–Trinajstić information content (AvgIpc) is 2.98. The average molecular weight is 437 g/mol. The van der Waals surface area contributed by atoms with E-state index in [9.17, 15) is 9.59 Å². The van der Waals surface area contributed by atoms with Gasteiger partial charge >= 0.3 is 0 Å². The highest BCUT2D eigenvalue weighted by Crippen LogP contribution is 2.32. The molecule has 0 aliphatic carbocycles. The lowest BCUT2D eigenvalue weighted by Crippen LogP contribution is -2.34. The summed E-state index contributed by atoms with van der Waals surface area (Å²) in [6, 6.07) is 13.2. The molecule has 0 radical (unpaired) electrons. The highest BCUT2D eigenvalue weighted by Gasteiger charge is 2.38. The summed E-state index contributed by atoms with van der Waals surface area (Å²) in [6.07, 6.45) is 0.697. The van der Waals surface area contributed by atoms with E-state index in [0.717, 1.165) is 22.6 Å². The summed E-state index contributed by atoms with van der Waals surface area (Å²) in [7, 11) is 0. The van der Waals surface area contributed by atoms with E-state index in [2.05, 4.69) is 5.32 Å². The van der Waals surface area contributed by atoms with Crippen LogP contribution in [0, 0.1) is 13.8 Å². The molecule has 1 aliphatic rings. The third kappa shape index (κ3) is 5.37. The number of amides is 2. The van der Waals surface area contributed by atoms with Gasteiger partial charge < -0.3 is 14.8 Å². The molecule has 0 saturated carbocycles. The van der Waals surface area contributed by atoms with Gasteiger partial charge in [0, 0.05) is 18.8 Å². The third-order valence-electron chi connectivity index (χ3n) is 5.38. The van der Waals surface area contributed by atoms with Crippen LogP contribution in [0.3, 0.4) is 0 Å². The maximum Gasteiger partial charge on any atom is 0.278 e. The van der Waals surface area contributed by atoms with Crippen molar-refractivity contribution in [2.24, 2.45) is 0 Å². The molecule has 1 N–H and O–H groups in total. The van der Waals surface area contributed by atoms with Gasteiger partial charge in [0.2, 0.25) is 0 Å². The molecule has 3 rings (SSSR count). The molecular weight excluding hydrogens is 404 g/mol. The highest BCUT2D eigenvalue weighted by atomic mass is 16.5. The lowest BCUT2D eigenvalue weighted by Gasteiger charge is -2.16. The van der Waals surface area contributed by atoms with Crippen LogP contribution >= 0.6 is 0 Å². The molecule has 32 heavy (non-hydrogen) atoms. The smallest absolute Gasteiger partial charge is 0.278 e. The first-order valence-electron chi connectivity index (χ1n) is 11.1. The molecule has 170 valence electrons. The lowest BCUT2D eigenvalue weighted by atomic mass is 10.0. The number of hydrogen-bond donors (Lipinski definition) is 1. The number of rotatable bonds is 10. The molecule has 0 spiro atoms. The van der Waals surface area contributed by atoms with Gasteiger partial charge in [0.1, 0.15) is 11.4 Å². The Bertz CT molecular complexity index is 1010. The van der Waals surface area contributed by atoms with Crippen molar-refractivity contribution in [1.82, 2.24) is 4.90 Å². The van der Waals surface area contributed by atoms with Gasteiger partial charge in [-0.1, -0.05) is 18.2 Å². The van der Waals surface area contributed by atoms with Gasteiger partial charge in [-0.2, -0.15) is 0 Å². The van der Waals surface area contributed by atoms with Gasteiger partial charge in [-0.25, -0.2) is 0 Å². The Labute approximate surface area is 190 Å². The Morgan fingerprint density at radius 2 is 1.69 bits per heavy atom. The summed E-state index contributed by atoms with van der Waals surface area (Å²) in [5.41, 5.74) is 4.40. The largest absolute Gasteiger partial charge is 0.494 e. The summed E-state index contributed by atoms with van der Waals surface area (Å²) in [6.45, 7) is 11.3. The Kier molecular flexibility index (Phi) is 7.70. The summed E-state index contributed by atoms with van der Waals surface area (Å²) in [5.74, 6) is 0.108.